The fourth-order valence-corrected chi connectivity index (χ4v) is 5.31. The normalized spacial score (nSPS) is 19.2. The molecule has 8 nitrogen and oxygen atoms in total. The first kappa shape index (κ1) is 24.4. The zero-order chi connectivity index (χ0) is 24.7. The van der Waals surface area contributed by atoms with E-state index in [2.05, 4.69) is 31.2 Å². The summed E-state index contributed by atoms with van der Waals surface area (Å²) in [7, 11) is 0. The summed E-state index contributed by atoms with van der Waals surface area (Å²) in [5.74, 6) is 0.0626. The number of carbonyl (C=O) groups is 2. The van der Waals surface area contributed by atoms with Crippen LogP contribution >= 0.6 is 11.3 Å². The molecule has 9 heteroatoms. The van der Waals surface area contributed by atoms with Gasteiger partial charge in [-0.05, 0) is 74.2 Å². The van der Waals surface area contributed by atoms with E-state index in [1.54, 1.807) is 11.3 Å². The predicted octanol–water partition coefficient (Wildman–Crippen LogP) is 3.73. The Morgan fingerprint density at radius 1 is 0.833 bits per heavy atom. The van der Waals surface area contributed by atoms with E-state index < -0.39 is 0 Å². The fourth-order valence-electron chi connectivity index (χ4n) is 4.67. The Morgan fingerprint density at radius 3 is 1.72 bits per heavy atom. The van der Waals surface area contributed by atoms with Gasteiger partial charge >= 0.3 is 0 Å². The van der Waals surface area contributed by atoms with E-state index in [4.69, 9.17) is 0 Å². The van der Waals surface area contributed by atoms with Gasteiger partial charge in [-0.2, -0.15) is 0 Å². The van der Waals surface area contributed by atoms with Crippen LogP contribution in [0.15, 0.2) is 60.1 Å². The van der Waals surface area contributed by atoms with Crippen molar-refractivity contribution in [2.24, 2.45) is 0 Å². The Bertz CT molecular complexity index is 1060. The molecule has 2 aliphatic heterocycles. The quantitative estimate of drug-likeness (QED) is 0.355. The number of nitrogens with zero attached hydrogens (tertiary/aromatic N) is 2. The first-order valence-electron chi connectivity index (χ1n) is 12.5. The highest BCUT2D eigenvalue weighted by atomic mass is 32.1. The highest BCUT2D eigenvalue weighted by Gasteiger charge is 2.23. The van der Waals surface area contributed by atoms with E-state index in [0.29, 0.717) is 13.1 Å². The van der Waals surface area contributed by atoms with Gasteiger partial charge in [-0.25, -0.2) is 4.98 Å². The van der Waals surface area contributed by atoms with Gasteiger partial charge in [0.1, 0.15) is 0 Å². The number of amides is 2. The first-order valence-corrected chi connectivity index (χ1v) is 13.4. The van der Waals surface area contributed by atoms with Crippen LogP contribution < -0.4 is 26.2 Å². The molecule has 2 unspecified atom stereocenters. The highest BCUT2D eigenvalue weighted by molar-refractivity contribution is 7.13. The molecule has 0 radical (unpaired) electrons. The molecule has 188 valence electrons. The molecule has 2 fully saturated rings. The molecule has 0 saturated carbocycles. The summed E-state index contributed by atoms with van der Waals surface area (Å²) in [5.41, 5.74) is 3.89. The van der Waals surface area contributed by atoms with Crippen LogP contribution in [-0.4, -0.2) is 42.0 Å². The van der Waals surface area contributed by atoms with Gasteiger partial charge in [-0.15, -0.1) is 11.3 Å². The molecule has 4 N–H and O–H groups in total. The van der Waals surface area contributed by atoms with Crippen LogP contribution in [0, 0.1) is 0 Å². The van der Waals surface area contributed by atoms with E-state index in [9.17, 15) is 9.59 Å². The number of nitrogens with one attached hydrogen (secondary N) is 4. The van der Waals surface area contributed by atoms with Crippen molar-refractivity contribution in [1.82, 2.24) is 15.6 Å². The minimum Gasteiger partial charge on any atom is -0.339 e. The molecule has 2 amide bonds. The number of aromatic nitrogens is 1. The van der Waals surface area contributed by atoms with Crippen molar-refractivity contribution in [1.29, 1.82) is 0 Å². The smallest absolute Gasteiger partial charge is 0.241 e. The van der Waals surface area contributed by atoms with Gasteiger partial charge < -0.3 is 26.2 Å². The van der Waals surface area contributed by atoms with Crippen LogP contribution in [0.25, 0.3) is 0 Å². The van der Waals surface area contributed by atoms with E-state index in [1.807, 2.05) is 60.1 Å². The largest absolute Gasteiger partial charge is 0.339 e. The molecule has 0 bridgehead atoms. The average Bonchev–Trinajstić information content (AvgIpc) is 3.69. The number of benzene rings is 2. The fraction of sp³-hybridized carbons (Fsp3) is 0.370. The molecule has 5 rings (SSSR count). The van der Waals surface area contributed by atoms with Crippen molar-refractivity contribution < 1.29 is 9.59 Å². The molecule has 0 aliphatic carbocycles. The minimum absolute atomic E-state index is 0.0313. The van der Waals surface area contributed by atoms with Crippen LogP contribution in [0.3, 0.4) is 0 Å². The third-order valence-corrected chi connectivity index (χ3v) is 7.47. The molecule has 2 aliphatic rings. The number of hydrogen-bond acceptors (Lipinski definition) is 7. The summed E-state index contributed by atoms with van der Waals surface area (Å²) in [5, 5.41) is 15.4. The zero-order valence-electron chi connectivity index (χ0n) is 20.2. The topological polar surface area (TPSA) is 98.4 Å². The van der Waals surface area contributed by atoms with Crippen molar-refractivity contribution in [2.45, 2.75) is 50.9 Å². The Labute approximate surface area is 215 Å². The standard InChI is InChI=1S/C27H32N6O2S/c34-25(23-3-1-13-28-23)31-21-9-5-19(6-10-21)17-33(27-30-15-16-36-27)18-20-7-11-22(12-8-20)32-26(35)24-4-2-14-29-24/h5-12,15-16,23-24,28-29H,1-4,13-14,17-18H2,(H,31,34)(H,32,35). The highest BCUT2D eigenvalue weighted by Crippen LogP contribution is 2.24. The molecule has 2 atom stereocenters. The number of thiazole rings is 1. The number of hydrogen-bond donors (Lipinski definition) is 4. The van der Waals surface area contributed by atoms with E-state index >= 15 is 0 Å². The Balaban J connectivity index is 1.20. The second-order valence-electron chi connectivity index (χ2n) is 9.34. The number of anilines is 3. The Hall–Kier alpha value is -3.27. The summed E-state index contributed by atoms with van der Waals surface area (Å²) in [6.07, 6.45) is 5.67. The lowest BCUT2D eigenvalue weighted by Crippen LogP contribution is -2.35. The van der Waals surface area contributed by atoms with Crippen molar-refractivity contribution in [3.8, 4) is 0 Å². The number of carbonyl (C=O) groups excluding carboxylic acids is 2. The lowest BCUT2D eigenvalue weighted by molar-refractivity contribution is -0.118. The average molecular weight is 505 g/mol. The van der Waals surface area contributed by atoms with Crippen molar-refractivity contribution in [3.05, 3.63) is 71.2 Å². The third-order valence-electron chi connectivity index (χ3n) is 6.63. The number of rotatable bonds is 9. The molecule has 2 saturated heterocycles. The molecule has 0 spiro atoms. The van der Waals surface area contributed by atoms with Gasteiger partial charge in [0.05, 0.1) is 12.1 Å². The van der Waals surface area contributed by atoms with Gasteiger partial charge in [0.15, 0.2) is 5.13 Å². The van der Waals surface area contributed by atoms with Crippen molar-refractivity contribution >= 4 is 39.7 Å². The van der Waals surface area contributed by atoms with E-state index in [-0.39, 0.29) is 23.9 Å². The minimum atomic E-state index is -0.0934. The summed E-state index contributed by atoms with van der Waals surface area (Å²) >= 11 is 1.61. The monoisotopic (exact) mass is 504 g/mol. The lowest BCUT2D eigenvalue weighted by Gasteiger charge is -2.22. The molecule has 2 aromatic carbocycles. The van der Waals surface area contributed by atoms with Crippen LogP contribution in [0.2, 0.25) is 0 Å². The van der Waals surface area contributed by atoms with Crippen molar-refractivity contribution in [2.75, 3.05) is 28.6 Å². The molecule has 3 aromatic rings. The van der Waals surface area contributed by atoms with E-state index in [0.717, 1.165) is 66.4 Å². The van der Waals surface area contributed by atoms with Crippen LogP contribution in [0.4, 0.5) is 16.5 Å². The van der Waals surface area contributed by atoms with Crippen LogP contribution in [0.5, 0.6) is 0 Å². The molecular formula is C27H32N6O2S. The van der Waals surface area contributed by atoms with Gasteiger partial charge in [0, 0.05) is 36.0 Å². The molecule has 3 heterocycles. The molecule has 36 heavy (non-hydrogen) atoms. The summed E-state index contributed by atoms with van der Waals surface area (Å²) in [6.45, 7) is 3.19. The van der Waals surface area contributed by atoms with Crippen LogP contribution in [0.1, 0.15) is 36.8 Å². The van der Waals surface area contributed by atoms with Gasteiger partial charge in [-0.1, -0.05) is 24.3 Å². The SMILES string of the molecule is O=C(Nc1ccc(CN(Cc2ccc(NC(=O)C3CCCN3)cc2)c2nccs2)cc1)C1CCCN1. The maximum Gasteiger partial charge on any atom is 0.241 e. The second kappa shape index (κ2) is 11.6. The Morgan fingerprint density at radius 2 is 1.33 bits per heavy atom. The predicted molar refractivity (Wildman–Crippen MR) is 144 cm³/mol. The van der Waals surface area contributed by atoms with E-state index in [1.165, 1.54) is 0 Å². The first-order chi connectivity index (χ1) is 17.6. The van der Waals surface area contributed by atoms with Crippen LogP contribution in [-0.2, 0) is 22.7 Å². The summed E-state index contributed by atoms with van der Waals surface area (Å²) in [4.78, 5) is 31.5. The third kappa shape index (κ3) is 6.29. The molecular weight excluding hydrogens is 472 g/mol. The Kier molecular flexibility index (Phi) is 7.90. The lowest BCUT2D eigenvalue weighted by atomic mass is 10.1. The summed E-state index contributed by atoms with van der Waals surface area (Å²) < 4.78 is 0. The summed E-state index contributed by atoms with van der Waals surface area (Å²) in [6, 6.07) is 15.8. The van der Waals surface area contributed by atoms with Crippen molar-refractivity contribution in [3.63, 3.8) is 0 Å². The van der Waals surface area contributed by atoms with Gasteiger partial charge in [0.25, 0.3) is 0 Å². The van der Waals surface area contributed by atoms with Gasteiger partial charge in [-0.3, -0.25) is 9.59 Å². The zero-order valence-corrected chi connectivity index (χ0v) is 21.0. The molecule has 1 aromatic heterocycles. The second-order valence-corrected chi connectivity index (χ2v) is 10.2. The van der Waals surface area contributed by atoms with Gasteiger partial charge in [0.2, 0.25) is 11.8 Å². The maximum atomic E-state index is 12.4. The maximum absolute atomic E-state index is 12.4.